The number of para-hydroxylation sites is 1. The van der Waals surface area contributed by atoms with E-state index in [0.717, 1.165) is 0 Å². The van der Waals surface area contributed by atoms with Crippen LogP contribution in [0.25, 0.3) is 0 Å². The fourth-order valence-electron chi connectivity index (χ4n) is 2.34. The molecule has 0 spiro atoms. The average molecular weight is 364 g/mol. The number of amides is 2. The summed E-state index contributed by atoms with van der Waals surface area (Å²) in [7, 11) is 0. The van der Waals surface area contributed by atoms with Crippen LogP contribution in [0, 0.1) is 5.82 Å². The van der Waals surface area contributed by atoms with Crippen LogP contribution in [0.3, 0.4) is 0 Å². The van der Waals surface area contributed by atoms with Crippen molar-refractivity contribution in [2.45, 2.75) is 0 Å². The molecule has 0 aromatic heterocycles. The molecule has 0 bridgehead atoms. The topological polar surface area (TPSA) is 67.4 Å². The van der Waals surface area contributed by atoms with E-state index < -0.39 is 17.6 Å². The molecule has 136 valence electrons. The van der Waals surface area contributed by atoms with Gasteiger partial charge in [0.05, 0.1) is 12.1 Å². The van der Waals surface area contributed by atoms with Crippen molar-refractivity contribution in [1.29, 1.82) is 0 Å². The number of ether oxygens (including phenoxy) is 1. The van der Waals surface area contributed by atoms with Crippen LogP contribution in [0.15, 0.2) is 78.9 Å². The Labute approximate surface area is 155 Å². The molecule has 0 saturated heterocycles. The standard InChI is InChI=1S/C21H17FN2O3/c22-19-9-5-4-8-18(19)21(26)23-14-20(25)24-15-10-12-17(13-11-15)27-16-6-2-1-3-7-16/h1-13H,14H2,(H,23,26)(H,24,25). The second-order valence-corrected chi connectivity index (χ2v) is 5.65. The highest BCUT2D eigenvalue weighted by molar-refractivity contribution is 5.99. The van der Waals surface area contributed by atoms with Crippen molar-refractivity contribution < 1.29 is 18.7 Å². The van der Waals surface area contributed by atoms with Crippen LogP contribution in [0.2, 0.25) is 0 Å². The minimum Gasteiger partial charge on any atom is -0.457 e. The Morgan fingerprint density at radius 3 is 2.15 bits per heavy atom. The van der Waals surface area contributed by atoms with Gasteiger partial charge < -0.3 is 15.4 Å². The first-order valence-corrected chi connectivity index (χ1v) is 8.27. The molecule has 0 saturated carbocycles. The molecular formula is C21H17FN2O3. The van der Waals surface area contributed by atoms with Crippen LogP contribution in [0.1, 0.15) is 10.4 Å². The Morgan fingerprint density at radius 1 is 0.815 bits per heavy atom. The van der Waals surface area contributed by atoms with Crippen LogP contribution in [0.5, 0.6) is 11.5 Å². The van der Waals surface area contributed by atoms with Gasteiger partial charge in [-0.15, -0.1) is 0 Å². The van der Waals surface area contributed by atoms with E-state index in [9.17, 15) is 14.0 Å². The highest BCUT2D eigenvalue weighted by atomic mass is 19.1. The first-order valence-electron chi connectivity index (χ1n) is 8.27. The van der Waals surface area contributed by atoms with Gasteiger partial charge in [0.15, 0.2) is 0 Å². The molecule has 3 rings (SSSR count). The van der Waals surface area contributed by atoms with Crippen molar-refractivity contribution in [2.75, 3.05) is 11.9 Å². The summed E-state index contributed by atoms with van der Waals surface area (Å²) in [6.07, 6.45) is 0. The van der Waals surface area contributed by atoms with E-state index in [0.29, 0.717) is 17.2 Å². The number of hydrogen-bond acceptors (Lipinski definition) is 3. The summed E-state index contributed by atoms with van der Waals surface area (Å²) in [6, 6.07) is 21.7. The Kier molecular flexibility index (Phi) is 5.79. The molecule has 3 aromatic rings. The van der Waals surface area contributed by atoms with E-state index in [4.69, 9.17) is 4.74 Å². The lowest BCUT2D eigenvalue weighted by Gasteiger charge is -2.09. The smallest absolute Gasteiger partial charge is 0.254 e. The molecule has 0 atom stereocenters. The third-order valence-electron chi connectivity index (χ3n) is 3.64. The molecule has 0 aliphatic rings. The van der Waals surface area contributed by atoms with Crippen LogP contribution >= 0.6 is 0 Å². The van der Waals surface area contributed by atoms with Crippen molar-refractivity contribution in [1.82, 2.24) is 5.32 Å². The number of halogens is 1. The second-order valence-electron chi connectivity index (χ2n) is 5.65. The molecule has 0 aliphatic heterocycles. The number of nitrogens with one attached hydrogen (secondary N) is 2. The number of hydrogen-bond donors (Lipinski definition) is 2. The lowest BCUT2D eigenvalue weighted by Crippen LogP contribution is -2.33. The third-order valence-corrected chi connectivity index (χ3v) is 3.64. The monoisotopic (exact) mass is 364 g/mol. The van der Waals surface area contributed by atoms with Gasteiger partial charge in [-0.1, -0.05) is 30.3 Å². The van der Waals surface area contributed by atoms with Gasteiger partial charge in [0.25, 0.3) is 5.91 Å². The van der Waals surface area contributed by atoms with Gasteiger partial charge in [-0.25, -0.2) is 4.39 Å². The molecule has 3 aromatic carbocycles. The molecule has 5 nitrogen and oxygen atoms in total. The fraction of sp³-hybridized carbons (Fsp3) is 0.0476. The van der Waals surface area contributed by atoms with E-state index in [1.165, 1.54) is 18.2 Å². The lowest BCUT2D eigenvalue weighted by molar-refractivity contribution is -0.115. The maximum atomic E-state index is 13.5. The summed E-state index contributed by atoms with van der Waals surface area (Å²) in [5.74, 6) is -0.354. The summed E-state index contributed by atoms with van der Waals surface area (Å²) < 4.78 is 19.2. The van der Waals surface area contributed by atoms with E-state index in [2.05, 4.69) is 10.6 Å². The van der Waals surface area contributed by atoms with Crippen molar-refractivity contribution >= 4 is 17.5 Å². The van der Waals surface area contributed by atoms with Crippen molar-refractivity contribution in [3.8, 4) is 11.5 Å². The van der Waals surface area contributed by atoms with Crippen LogP contribution < -0.4 is 15.4 Å². The largest absolute Gasteiger partial charge is 0.457 e. The summed E-state index contributed by atoms with van der Waals surface area (Å²) >= 11 is 0. The van der Waals surface area contributed by atoms with Gasteiger partial charge in [-0.05, 0) is 48.5 Å². The predicted molar refractivity (Wildman–Crippen MR) is 100 cm³/mol. The summed E-state index contributed by atoms with van der Waals surface area (Å²) in [5, 5.41) is 5.04. The van der Waals surface area contributed by atoms with E-state index in [1.807, 2.05) is 30.3 Å². The Bertz CT molecular complexity index is 928. The Hall–Kier alpha value is -3.67. The van der Waals surface area contributed by atoms with Crippen molar-refractivity contribution in [3.05, 3.63) is 90.2 Å². The first-order chi connectivity index (χ1) is 13.1. The van der Waals surface area contributed by atoms with Crippen LogP contribution in [0.4, 0.5) is 10.1 Å². The molecule has 0 unspecified atom stereocenters. The zero-order valence-electron chi connectivity index (χ0n) is 14.3. The maximum Gasteiger partial charge on any atom is 0.254 e. The molecule has 2 N–H and O–H groups in total. The van der Waals surface area contributed by atoms with Gasteiger partial charge in [0, 0.05) is 5.69 Å². The van der Waals surface area contributed by atoms with Crippen LogP contribution in [-0.2, 0) is 4.79 Å². The predicted octanol–water partition coefficient (Wildman–Crippen LogP) is 3.99. The summed E-state index contributed by atoms with van der Waals surface area (Å²) in [5.41, 5.74) is 0.452. The van der Waals surface area contributed by atoms with Crippen LogP contribution in [-0.4, -0.2) is 18.4 Å². The quantitative estimate of drug-likeness (QED) is 0.695. The average Bonchev–Trinajstić information content (AvgIpc) is 2.69. The van der Waals surface area contributed by atoms with Gasteiger partial charge in [-0.2, -0.15) is 0 Å². The summed E-state index contributed by atoms with van der Waals surface area (Å²) in [6.45, 7) is -0.268. The molecule has 0 aliphatic carbocycles. The number of carbonyl (C=O) groups excluding carboxylic acids is 2. The molecular weight excluding hydrogens is 347 g/mol. The molecule has 0 heterocycles. The fourth-order valence-corrected chi connectivity index (χ4v) is 2.34. The molecule has 27 heavy (non-hydrogen) atoms. The molecule has 2 amide bonds. The zero-order chi connectivity index (χ0) is 19.1. The maximum absolute atomic E-state index is 13.5. The molecule has 6 heteroatoms. The highest BCUT2D eigenvalue weighted by Gasteiger charge is 2.12. The zero-order valence-corrected chi connectivity index (χ0v) is 14.3. The minimum atomic E-state index is -0.644. The number of rotatable bonds is 6. The minimum absolute atomic E-state index is 0.104. The Balaban J connectivity index is 1.50. The van der Waals surface area contributed by atoms with E-state index >= 15 is 0 Å². The first kappa shape index (κ1) is 18.1. The molecule has 0 fully saturated rings. The third kappa shape index (κ3) is 5.15. The number of carbonyl (C=O) groups is 2. The van der Waals surface area contributed by atoms with Gasteiger partial charge in [-0.3, -0.25) is 9.59 Å². The number of anilines is 1. The number of benzene rings is 3. The van der Waals surface area contributed by atoms with Gasteiger partial charge in [0.1, 0.15) is 17.3 Å². The van der Waals surface area contributed by atoms with Crippen molar-refractivity contribution in [3.63, 3.8) is 0 Å². The van der Waals surface area contributed by atoms with E-state index in [-0.39, 0.29) is 12.1 Å². The van der Waals surface area contributed by atoms with Crippen molar-refractivity contribution in [2.24, 2.45) is 0 Å². The van der Waals surface area contributed by atoms with Gasteiger partial charge in [0.2, 0.25) is 5.91 Å². The lowest BCUT2D eigenvalue weighted by atomic mass is 10.2. The molecule has 0 radical (unpaired) electrons. The second kappa shape index (κ2) is 8.62. The van der Waals surface area contributed by atoms with Gasteiger partial charge >= 0.3 is 0 Å². The SMILES string of the molecule is O=C(CNC(=O)c1ccccc1F)Nc1ccc(Oc2ccccc2)cc1. The summed E-state index contributed by atoms with van der Waals surface area (Å²) in [4.78, 5) is 23.9. The Morgan fingerprint density at radius 2 is 1.44 bits per heavy atom. The van der Waals surface area contributed by atoms with E-state index in [1.54, 1.807) is 30.3 Å². The highest BCUT2D eigenvalue weighted by Crippen LogP contribution is 2.22. The normalized spacial score (nSPS) is 10.1.